The number of rotatable bonds is 5. The molecule has 0 amide bonds. The Labute approximate surface area is 112 Å². The van der Waals surface area contributed by atoms with Crippen LogP contribution in [-0.2, 0) is 4.74 Å². The van der Waals surface area contributed by atoms with Crippen LogP contribution in [0.5, 0.6) is 0 Å². The van der Waals surface area contributed by atoms with Gasteiger partial charge >= 0.3 is 0 Å². The van der Waals surface area contributed by atoms with Gasteiger partial charge in [-0.2, -0.15) is 0 Å². The van der Waals surface area contributed by atoms with Crippen LogP contribution < -0.4 is 11.1 Å². The normalized spacial score (nSPS) is 34.0. The van der Waals surface area contributed by atoms with E-state index in [9.17, 15) is 0 Å². The van der Waals surface area contributed by atoms with Gasteiger partial charge < -0.3 is 15.8 Å². The van der Waals surface area contributed by atoms with Crippen molar-refractivity contribution in [2.75, 3.05) is 13.2 Å². The molecular formula is C15H30N2O. The summed E-state index contributed by atoms with van der Waals surface area (Å²) in [5.74, 6) is 0. The van der Waals surface area contributed by atoms with Crippen LogP contribution >= 0.6 is 0 Å². The van der Waals surface area contributed by atoms with E-state index in [0.717, 1.165) is 19.6 Å². The molecule has 2 saturated carbocycles. The fourth-order valence-corrected chi connectivity index (χ4v) is 3.47. The Bertz CT molecular complexity index is 272. The molecule has 2 aliphatic carbocycles. The molecule has 3 N–H and O–H groups in total. The fraction of sp³-hybridized carbons (Fsp3) is 1.00. The Balaban J connectivity index is 1.78. The summed E-state index contributed by atoms with van der Waals surface area (Å²) in [6.07, 6.45) is 7.88. The largest absolute Gasteiger partial charge is 0.378 e. The van der Waals surface area contributed by atoms with Crippen molar-refractivity contribution >= 4 is 0 Å². The SMILES string of the molecule is CCOC1CC(NCC2(N)CCCCC2)C1(C)C. The lowest BCUT2D eigenvalue weighted by Crippen LogP contribution is -2.64. The van der Waals surface area contributed by atoms with Gasteiger partial charge in [0.1, 0.15) is 0 Å². The third-order valence-electron chi connectivity index (χ3n) is 5.10. The van der Waals surface area contributed by atoms with Crippen LogP contribution in [0.1, 0.15) is 59.3 Å². The van der Waals surface area contributed by atoms with E-state index in [1.807, 2.05) is 0 Å². The Morgan fingerprint density at radius 2 is 1.89 bits per heavy atom. The zero-order valence-corrected chi connectivity index (χ0v) is 12.3. The predicted molar refractivity (Wildman–Crippen MR) is 75.6 cm³/mol. The molecule has 2 rings (SSSR count). The summed E-state index contributed by atoms with van der Waals surface area (Å²) < 4.78 is 5.77. The first-order valence-electron chi connectivity index (χ1n) is 7.62. The topological polar surface area (TPSA) is 47.3 Å². The van der Waals surface area contributed by atoms with Crippen molar-refractivity contribution < 1.29 is 4.74 Å². The van der Waals surface area contributed by atoms with Gasteiger partial charge in [0.2, 0.25) is 0 Å². The van der Waals surface area contributed by atoms with Crippen LogP contribution in [0.2, 0.25) is 0 Å². The molecule has 0 aromatic rings. The van der Waals surface area contributed by atoms with E-state index in [0.29, 0.717) is 12.1 Å². The van der Waals surface area contributed by atoms with Gasteiger partial charge in [-0.05, 0) is 26.2 Å². The average Bonchev–Trinajstić information content (AvgIpc) is 2.33. The number of hydrogen-bond donors (Lipinski definition) is 2. The first-order chi connectivity index (χ1) is 8.48. The molecule has 3 heteroatoms. The van der Waals surface area contributed by atoms with E-state index in [1.165, 1.54) is 32.1 Å². The molecule has 2 aliphatic rings. The molecule has 18 heavy (non-hydrogen) atoms. The highest BCUT2D eigenvalue weighted by Crippen LogP contribution is 2.43. The van der Waals surface area contributed by atoms with Gasteiger partial charge in [-0.15, -0.1) is 0 Å². The highest BCUT2D eigenvalue weighted by atomic mass is 16.5. The van der Waals surface area contributed by atoms with E-state index >= 15 is 0 Å². The quantitative estimate of drug-likeness (QED) is 0.792. The average molecular weight is 254 g/mol. The standard InChI is InChI=1S/C15H30N2O/c1-4-18-13-10-12(14(13,2)3)17-11-15(16)8-6-5-7-9-15/h12-13,17H,4-11,16H2,1-3H3. The molecule has 0 bridgehead atoms. The third-order valence-corrected chi connectivity index (χ3v) is 5.10. The van der Waals surface area contributed by atoms with Gasteiger partial charge in [0.15, 0.2) is 0 Å². The molecule has 106 valence electrons. The van der Waals surface area contributed by atoms with Crippen molar-refractivity contribution in [3.63, 3.8) is 0 Å². The van der Waals surface area contributed by atoms with Crippen molar-refractivity contribution in [3.8, 4) is 0 Å². The summed E-state index contributed by atoms with van der Waals surface area (Å²) in [5.41, 5.74) is 6.77. The van der Waals surface area contributed by atoms with E-state index in [-0.39, 0.29) is 11.0 Å². The van der Waals surface area contributed by atoms with Crippen LogP contribution in [0.3, 0.4) is 0 Å². The number of nitrogens with two attached hydrogens (primary N) is 1. The van der Waals surface area contributed by atoms with Crippen molar-refractivity contribution in [3.05, 3.63) is 0 Å². The van der Waals surface area contributed by atoms with Crippen molar-refractivity contribution in [1.82, 2.24) is 5.32 Å². The molecule has 0 saturated heterocycles. The summed E-state index contributed by atoms with van der Waals surface area (Å²) in [6, 6.07) is 0.566. The van der Waals surface area contributed by atoms with Crippen molar-refractivity contribution in [2.24, 2.45) is 11.1 Å². The molecule has 0 aliphatic heterocycles. The molecule has 0 aromatic heterocycles. The molecule has 2 unspecified atom stereocenters. The minimum atomic E-state index is 0.0467. The highest BCUT2D eigenvalue weighted by Gasteiger charge is 2.49. The Hall–Kier alpha value is -0.120. The molecular weight excluding hydrogens is 224 g/mol. The molecule has 0 radical (unpaired) electrons. The summed E-state index contributed by atoms with van der Waals surface area (Å²) >= 11 is 0. The number of hydrogen-bond acceptors (Lipinski definition) is 3. The highest BCUT2D eigenvalue weighted by molar-refractivity contribution is 5.04. The van der Waals surface area contributed by atoms with Gasteiger partial charge in [-0.3, -0.25) is 0 Å². The summed E-state index contributed by atoms with van der Waals surface area (Å²) in [7, 11) is 0. The van der Waals surface area contributed by atoms with Crippen LogP contribution in [0.15, 0.2) is 0 Å². The van der Waals surface area contributed by atoms with Crippen molar-refractivity contribution in [1.29, 1.82) is 0 Å². The lowest BCUT2D eigenvalue weighted by molar-refractivity contribution is -0.115. The third kappa shape index (κ3) is 2.89. The summed E-state index contributed by atoms with van der Waals surface area (Å²) in [5, 5.41) is 3.70. The maximum absolute atomic E-state index is 6.47. The van der Waals surface area contributed by atoms with Gasteiger partial charge in [0, 0.05) is 30.1 Å². The second-order valence-corrected chi connectivity index (χ2v) is 6.86. The number of nitrogens with one attached hydrogen (secondary N) is 1. The van der Waals surface area contributed by atoms with E-state index in [1.54, 1.807) is 0 Å². The predicted octanol–water partition coefficient (Wildman–Crippen LogP) is 2.44. The van der Waals surface area contributed by atoms with E-state index < -0.39 is 0 Å². The second-order valence-electron chi connectivity index (χ2n) is 6.86. The second kappa shape index (κ2) is 5.48. The first kappa shape index (κ1) is 14.3. The van der Waals surface area contributed by atoms with E-state index in [2.05, 4.69) is 26.1 Å². The molecule has 0 heterocycles. The minimum Gasteiger partial charge on any atom is -0.378 e. The fourth-order valence-electron chi connectivity index (χ4n) is 3.47. The van der Waals surface area contributed by atoms with E-state index in [4.69, 9.17) is 10.5 Å². The van der Waals surface area contributed by atoms with Crippen molar-refractivity contribution in [2.45, 2.75) is 77.0 Å². The zero-order valence-electron chi connectivity index (χ0n) is 12.3. The lowest BCUT2D eigenvalue weighted by atomic mass is 9.64. The van der Waals surface area contributed by atoms with Gasteiger partial charge in [0.05, 0.1) is 6.10 Å². The maximum Gasteiger partial charge on any atom is 0.0655 e. The van der Waals surface area contributed by atoms with Gasteiger partial charge in [-0.1, -0.05) is 33.1 Å². The summed E-state index contributed by atoms with van der Waals surface area (Å²) in [4.78, 5) is 0. The van der Waals surface area contributed by atoms with Crippen LogP contribution in [0, 0.1) is 5.41 Å². The Morgan fingerprint density at radius 3 is 2.44 bits per heavy atom. The summed E-state index contributed by atoms with van der Waals surface area (Å²) in [6.45, 7) is 8.48. The van der Waals surface area contributed by atoms with Gasteiger partial charge in [0.25, 0.3) is 0 Å². The Kier molecular flexibility index (Phi) is 4.35. The molecule has 3 nitrogen and oxygen atoms in total. The molecule has 2 atom stereocenters. The van der Waals surface area contributed by atoms with Crippen LogP contribution in [0.4, 0.5) is 0 Å². The number of ether oxygens (including phenoxy) is 1. The smallest absolute Gasteiger partial charge is 0.0655 e. The van der Waals surface area contributed by atoms with Crippen LogP contribution in [-0.4, -0.2) is 30.8 Å². The molecule has 2 fully saturated rings. The zero-order chi connectivity index (χ0) is 13.2. The van der Waals surface area contributed by atoms with Gasteiger partial charge in [-0.25, -0.2) is 0 Å². The molecule has 0 spiro atoms. The monoisotopic (exact) mass is 254 g/mol. The Morgan fingerprint density at radius 1 is 1.22 bits per heavy atom. The minimum absolute atomic E-state index is 0.0467. The lowest BCUT2D eigenvalue weighted by Gasteiger charge is -2.53. The molecule has 0 aromatic carbocycles. The first-order valence-corrected chi connectivity index (χ1v) is 7.62. The maximum atomic E-state index is 6.47. The van der Waals surface area contributed by atoms with Crippen LogP contribution in [0.25, 0.3) is 0 Å².